The smallest absolute Gasteiger partial charge is 0.209 e. The van der Waals surface area contributed by atoms with Crippen molar-refractivity contribution in [3.05, 3.63) is 70.8 Å². The van der Waals surface area contributed by atoms with E-state index in [0.29, 0.717) is 6.54 Å². The van der Waals surface area contributed by atoms with Crippen LogP contribution in [0.2, 0.25) is 0 Å². The monoisotopic (exact) mass is 409 g/mol. The molecule has 1 aromatic heterocycles. The van der Waals surface area contributed by atoms with Crippen LogP contribution in [0, 0.1) is 19.7 Å². The van der Waals surface area contributed by atoms with Crippen LogP contribution in [0.25, 0.3) is 0 Å². The number of tetrazole rings is 1. The van der Waals surface area contributed by atoms with Crippen molar-refractivity contribution in [1.82, 2.24) is 20.2 Å². The lowest BCUT2D eigenvalue weighted by molar-refractivity contribution is -0.933. The van der Waals surface area contributed by atoms with Crippen molar-refractivity contribution in [1.29, 1.82) is 0 Å². The van der Waals surface area contributed by atoms with E-state index >= 15 is 0 Å². The van der Waals surface area contributed by atoms with Gasteiger partial charge in [0.05, 0.1) is 32.7 Å². The van der Waals surface area contributed by atoms with Crippen LogP contribution in [0.3, 0.4) is 0 Å². The fourth-order valence-electron chi connectivity index (χ4n) is 4.45. The summed E-state index contributed by atoms with van der Waals surface area (Å²) < 4.78 is 15.1. The Balaban J connectivity index is 1.46. The van der Waals surface area contributed by atoms with Gasteiger partial charge in [-0.05, 0) is 59.2 Å². The van der Waals surface area contributed by atoms with Gasteiger partial charge in [-0.15, -0.1) is 5.10 Å². The molecule has 2 aromatic carbocycles. The van der Waals surface area contributed by atoms with Crippen molar-refractivity contribution in [3.63, 3.8) is 0 Å². The summed E-state index contributed by atoms with van der Waals surface area (Å²) in [7, 11) is 0. The minimum absolute atomic E-state index is 0.228. The first-order valence-corrected chi connectivity index (χ1v) is 10.7. The largest absolute Gasteiger partial charge is 0.360 e. The molecule has 0 bridgehead atoms. The number of quaternary nitrogens is 1. The summed E-state index contributed by atoms with van der Waals surface area (Å²) in [5.74, 6) is 0.685. The van der Waals surface area contributed by atoms with E-state index in [1.807, 2.05) is 4.68 Å². The first-order valence-electron chi connectivity index (χ1n) is 10.7. The van der Waals surface area contributed by atoms with Crippen LogP contribution < -0.4 is 9.80 Å². The molecule has 30 heavy (non-hydrogen) atoms. The average Bonchev–Trinajstić information content (AvgIpc) is 3.21. The third-order valence-corrected chi connectivity index (χ3v) is 6.34. The van der Waals surface area contributed by atoms with Crippen molar-refractivity contribution >= 4 is 5.69 Å². The summed E-state index contributed by atoms with van der Waals surface area (Å²) in [6, 6.07) is 13.3. The van der Waals surface area contributed by atoms with Crippen LogP contribution in [0.4, 0.5) is 10.1 Å². The number of aromatic nitrogens is 4. The van der Waals surface area contributed by atoms with Gasteiger partial charge in [0.1, 0.15) is 11.9 Å². The fraction of sp³-hybridized carbons (Fsp3) is 0.435. The number of nitrogens with zero attached hydrogens (tertiary/aromatic N) is 5. The number of piperazine rings is 1. The number of nitrogens with one attached hydrogen (secondary N) is 1. The van der Waals surface area contributed by atoms with E-state index in [4.69, 9.17) is 0 Å². The highest BCUT2D eigenvalue weighted by Gasteiger charge is 2.31. The lowest BCUT2D eigenvalue weighted by atomic mass is 10.1. The van der Waals surface area contributed by atoms with Gasteiger partial charge in [-0.3, -0.25) is 0 Å². The molecule has 1 aliphatic rings. The molecule has 1 atom stereocenters. The number of hydrogen-bond acceptors (Lipinski definition) is 4. The lowest BCUT2D eigenvalue weighted by Gasteiger charge is -2.37. The van der Waals surface area contributed by atoms with Crippen molar-refractivity contribution in [2.24, 2.45) is 0 Å². The van der Waals surface area contributed by atoms with Gasteiger partial charge in [0.2, 0.25) is 5.82 Å². The number of benzene rings is 2. The maximum atomic E-state index is 13.2. The molecule has 1 aliphatic heterocycles. The summed E-state index contributed by atoms with van der Waals surface area (Å²) >= 11 is 0. The van der Waals surface area contributed by atoms with Crippen LogP contribution in [-0.4, -0.2) is 46.4 Å². The predicted molar refractivity (Wildman–Crippen MR) is 115 cm³/mol. The summed E-state index contributed by atoms with van der Waals surface area (Å²) in [5, 5.41) is 12.5. The second-order valence-electron chi connectivity index (χ2n) is 8.15. The Morgan fingerprint density at radius 1 is 1.07 bits per heavy atom. The van der Waals surface area contributed by atoms with Crippen molar-refractivity contribution in [3.8, 4) is 0 Å². The van der Waals surface area contributed by atoms with Crippen LogP contribution in [0.5, 0.6) is 0 Å². The first kappa shape index (κ1) is 20.5. The Hall–Kier alpha value is -2.80. The molecule has 6 nitrogen and oxygen atoms in total. The molecule has 3 aromatic rings. The zero-order valence-corrected chi connectivity index (χ0v) is 18.0. The summed E-state index contributed by atoms with van der Waals surface area (Å²) in [4.78, 5) is 4.02. The Bertz CT molecular complexity index is 976. The van der Waals surface area contributed by atoms with Gasteiger partial charge in [-0.1, -0.05) is 31.2 Å². The molecular formula is C23H30FN6+. The third kappa shape index (κ3) is 4.21. The van der Waals surface area contributed by atoms with E-state index in [2.05, 4.69) is 59.4 Å². The lowest BCUT2D eigenvalue weighted by Crippen LogP contribution is -3.15. The van der Waals surface area contributed by atoms with Crippen LogP contribution in [0.1, 0.15) is 41.9 Å². The molecule has 0 radical (unpaired) electrons. The summed E-state index contributed by atoms with van der Waals surface area (Å²) in [6.45, 7) is 11.3. The highest BCUT2D eigenvalue weighted by atomic mass is 19.1. The highest BCUT2D eigenvalue weighted by Crippen LogP contribution is 2.23. The Kier molecular flexibility index (Phi) is 6.08. The third-order valence-electron chi connectivity index (χ3n) is 6.34. The number of hydrogen-bond donors (Lipinski definition) is 1. The zero-order chi connectivity index (χ0) is 21.1. The number of aryl methyl sites for hydroxylation is 1. The molecule has 4 rings (SSSR count). The number of anilines is 1. The maximum Gasteiger partial charge on any atom is 0.209 e. The van der Waals surface area contributed by atoms with E-state index in [-0.39, 0.29) is 11.9 Å². The van der Waals surface area contributed by atoms with Gasteiger partial charge in [-0.2, -0.15) is 0 Å². The minimum Gasteiger partial charge on any atom is -0.360 e. The molecular weight excluding hydrogens is 379 g/mol. The standard InChI is InChI=1S/C23H29FN6/c1-4-21(23-25-26-27-30(23)16-19-8-10-20(24)11-9-19)28-12-14-29(15-13-28)22-7-5-6-17(2)18(22)3/h5-11,21H,4,12-16H2,1-3H3/p+1/t21-/m0/s1. The second kappa shape index (κ2) is 8.92. The zero-order valence-electron chi connectivity index (χ0n) is 18.0. The molecule has 0 amide bonds. The van der Waals surface area contributed by atoms with Gasteiger partial charge in [0, 0.05) is 12.1 Å². The average molecular weight is 410 g/mol. The molecule has 0 aliphatic carbocycles. The molecule has 158 valence electrons. The van der Waals surface area contributed by atoms with E-state index in [1.165, 1.54) is 33.8 Å². The molecule has 7 heteroatoms. The van der Waals surface area contributed by atoms with Gasteiger partial charge in [-0.25, -0.2) is 9.07 Å². The van der Waals surface area contributed by atoms with Gasteiger partial charge < -0.3 is 9.80 Å². The predicted octanol–water partition coefficient (Wildman–Crippen LogP) is 2.33. The van der Waals surface area contributed by atoms with E-state index < -0.39 is 0 Å². The first-order chi connectivity index (χ1) is 14.6. The van der Waals surface area contributed by atoms with Crippen molar-refractivity contribution in [2.45, 2.75) is 39.8 Å². The van der Waals surface area contributed by atoms with Crippen molar-refractivity contribution in [2.75, 3.05) is 31.1 Å². The van der Waals surface area contributed by atoms with E-state index in [0.717, 1.165) is 44.0 Å². The van der Waals surface area contributed by atoms with Crippen LogP contribution in [0.15, 0.2) is 42.5 Å². The topological polar surface area (TPSA) is 51.3 Å². The van der Waals surface area contributed by atoms with Crippen LogP contribution >= 0.6 is 0 Å². The molecule has 0 saturated carbocycles. The van der Waals surface area contributed by atoms with Gasteiger partial charge in [0.15, 0.2) is 0 Å². The Labute approximate surface area is 177 Å². The molecule has 0 unspecified atom stereocenters. The molecule has 2 heterocycles. The van der Waals surface area contributed by atoms with Crippen LogP contribution in [-0.2, 0) is 6.54 Å². The van der Waals surface area contributed by atoms with Gasteiger partial charge >= 0.3 is 0 Å². The van der Waals surface area contributed by atoms with E-state index in [9.17, 15) is 4.39 Å². The minimum atomic E-state index is -0.228. The molecule has 1 saturated heterocycles. The quantitative estimate of drug-likeness (QED) is 0.679. The Morgan fingerprint density at radius 2 is 1.80 bits per heavy atom. The maximum absolute atomic E-state index is 13.2. The summed E-state index contributed by atoms with van der Waals surface area (Å²) in [6.07, 6.45) is 0.975. The van der Waals surface area contributed by atoms with Crippen molar-refractivity contribution < 1.29 is 9.29 Å². The van der Waals surface area contributed by atoms with Gasteiger partial charge in [0.25, 0.3) is 0 Å². The summed E-state index contributed by atoms with van der Waals surface area (Å²) in [5.41, 5.74) is 5.06. The number of rotatable bonds is 6. The van der Waals surface area contributed by atoms with E-state index in [1.54, 1.807) is 12.1 Å². The molecule has 1 fully saturated rings. The Morgan fingerprint density at radius 3 is 2.50 bits per heavy atom. The fourth-order valence-corrected chi connectivity index (χ4v) is 4.45. The molecule has 1 N–H and O–H groups in total. The number of halogens is 1. The second-order valence-corrected chi connectivity index (χ2v) is 8.15. The normalized spacial score (nSPS) is 16.1. The molecule has 0 spiro atoms. The highest BCUT2D eigenvalue weighted by molar-refractivity contribution is 5.56. The SMILES string of the molecule is CC[C@@H](c1nnnn1Cc1ccc(F)cc1)[NH+]1CCN(c2cccc(C)c2C)CC1.